The van der Waals surface area contributed by atoms with Crippen LogP contribution in [0.15, 0.2) is 6.20 Å². The first-order valence-electron chi connectivity index (χ1n) is 6.53. The summed E-state index contributed by atoms with van der Waals surface area (Å²) in [5, 5.41) is 3.50. The van der Waals surface area contributed by atoms with Crippen molar-refractivity contribution in [1.29, 1.82) is 0 Å². The number of rotatable bonds is 1. The third-order valence-corrected chi connectivity index (χ3v) is 4.15. The number of nitrogens with one attached hydrogen (secondary N) is 1. The minimum Gasteiger partial charge on any atom is -0.351 e. The summed E-state index contributed by atoms with van der Waals surface area (Å²) in [6.07, 6.45) is 4.56. The maximum absolute atomic E-state index is 4.69. The van der Waals surface area contributed by atoms with E-state index >= 15 is 0 Å². The van der Waals surface area contributed by atoms with Crippen LogP contribution in [-0.2, 0) is 0 Å². The Hall–Kier alpha value is -1.16. The van der Waals surface area contributed by atoms with Crippen LogP contribution in [0.25, 0.3) is 0 Å². The Morgan fingerprint density at radius 1 is 1.29 bits per heavy atom. The Morgan fingerprint density at radius 3 is 3.00 bits per heavy atom. The fraction of sp³-hybridized carbons (Fsp3) is 0.692. The van der Waals surface area contributed by atoms with Gasteiger partial charge in [0.15, 0.2) is 0 Å². The second-order valence-corrected chi connectivity index (χ2v) is 5.22. The molecule has 0 radical (unpaired) electrons. The number of anilines is 1. The van der Waals surface area contributed by atoms with Crippen molar-refractivity contribution in [2.75, 3.05) is 24.5 Å². The van der Waals surface area contributed by atoms with Gasteiger partial charge in [-0.3, -0.25) is 4.98 Å². The normalized spacial score (nSPS) is 28.2. The molecule has 2 atom stereocenters. The van der Waals surface area contributed by atoms with Gasteiger partial charge in [-0.1, -0.05) is 0 Å². The molecule has 1 N–H and O–H groups in total. The fourth-order valence-electron chi connectivity index (χ4n) is 3.02. The van der Waals surface area contributed by atoms with Crippen LogP contribution in [-0.4, -0.2) is 35.6 Å². The highest BCUT2D eigenvalue weighted by Gasteiger charge is 2.35. The SMILES string of the molecule is Cc1ncc(N2CCCC3CNCC32)nc1C. The van der Waals surface area contributed by atoms with Gasteiger partial charge in [0.2, 0.25) is 0 Å². The lowest BCUT2D eigenvalue weighted by molar-refractivity contribution is 0.383. The van der Waals surface area contributed by atoms with E-state index in [0.717, 1.165) is 36.2 Å². The van der Waals surface area contributed by atoms with Crippen molar-refractivity contribution in [3.8, 4) is 0 Å². The first-order chi connectivity index (χ1) is 8.25. The van der Waals surface area contributed by atoms with Crippen molar-refractivity contribution >= 4 is 5.82 Å². The molecular weight excluding hydrogens is 212 g/mol. The van der Waals surface area contributed by atoms with E-state index in [9.17, 15) is 0 Å². The van der Waals surface area contributed by atoms with Crippen molar-refractivity contribution in [3.05, 3.63) is 17.6 Å². The van der Waals surface area contributed by atoms with E-state index < -0.39 is 0 Å². The van der Waals surface area contributed by atoms with Gasteiger partial charge in [0.1, 0.15) is 5.82 Å². The van der Waals surface area contributed by atoms with E-state index in [1.165, 1.54) is 19.4 Å². The van der Waals surface area contributed by atoms with E-state index in [2.05, 4.69) is 15.2 Å². The van der Waals surface area contributed by atoms with Crippen LogP contribution in [0, 0.1) is 19.8 Å². The van der Waals surface area contributed by atoms with Crippen LogP contribution < -0.4 is 10.2 Å². The van der Waals surface area contributed by atoms with Crippen LogP contribution in [0.1, 0.15) is 24.2 Å². The Bertz CT molecular complexity index is 418. The average molecular weight is 232 g/mol. The van der Waals surface area contributed by atoms with E-state index in [0.29, 0.717) is 6.04 Å². The van der Waals surface area contributed by atoms with E-state index in [1.807, 2.05) is 20.0 Å². The van der Waals surface area contributed by atoms with Crippen LogP contribution in [0.3, 0.4) is 0 Å². The van der Waals surface area contributed by atoms with E-state index in [1.54, 1.807) is 0 Å². The second kappa shape index (κ2) is 4.26. The molecule has 4 nitrogen and oxygen atoms in total. The van der Waals surface area contributed by atoms with Crippen molar-refractivity contribution in [2.24, 2.45) is 5.92 Å². The molecule has 2 aliphatic heterocycles. The van der Waals surface area contributed by atoms with Gasteiger partial charge in [-0.25, -0.2) is 4.98 Å². The molecule has 0 aliphatic carbocycles. The number of hydrogen-bond donors (Lipinski definition) is 1. The third kappa shape index (κ3) is 1.90. The molecule has 4 heteroatoms. The Morgan fingerprint density at radius 2 is 2.18 bits per heavy atom. The zero-order valence-electron chi connectivity index (χ0n) is 10.6. The van der Waals surface area contributed by atoms with Crippen LogP contribution in [0.4, 0.5) is 5.82 Å². The smallest absolute Gasteiger partial charge is 0.147 e. The lowest BCUT2D eigenvalue weighted by atomic mass is 9.92. The Labute approximate surface area is 102 Å². The Balaban J connectivity index is 1.89. The zero-order chi connectivity index (χ0) is 11.8. The van der Waals surface area contributed by atoms with Crippen LogP contribution in [0.2, 0.25) is 0 Å². The molecule has 0 bridgehead atoms. The lowest BCUT2D eigenvalue weighted by Crippen LogP contribution is -2.45. The number of aromatic nitrogens is 2. The summed E-state index contributed by atoms with van der Waals surface area (Å²) in [5.74, 6) is 1.86. The molecule has 2 fully saturated rings. The molecule has 2 aliphatic rings. The molecule has 92 valence electrons. The van der Waals surface area contributed by atoms with Crippen LogP contribution in [0.5, 0.6) is 0 Å². The molecular formula is C13H20N4. The monoisotopic (exact) mass is 232 g/mol. The van der Waals surface area contributed by atoms with Gasteiger partial charge in [-0.2, -0.15) is 0 Å². The van der Waals surface area contributed by atoms with Crippen molar-refractivity contribution in [3.63, 3.8) is 0 Å². The highest BCUT2D eigenvalue weighted by molar-refractivity contribution is 5.40. The summed E-state index contributed by atoms with van der Waals surface area (Å²) >= 11 is 0. The number of hydrogen-bond acceptors (Lipinski definition) is 4. The number of nitrogens with zero attached hydrogens (tertiary/aromatic N) is 3. The first kappa shape index (κ1) is 11.0. The molecule has 1 aromatic heterocycles. The zero-order valence-corrected chi connectivity index (χ0v) is 10.6. The summed E-state index contributed by atoms with van der Waals surface area (Å²) in [6.45, 7) is 7.45. The molecule has 2 unspecified atom stereocenters. The van der Waals surface area contributed by atoms with Crippen molar-refractivity contribution in [1.82, 2.24) is 15.3 Å². The molecule has 1 aromatic rings. The van der Waals surface area contributed by atoms with Gasteiger partial charge in [0.05, 0.1) is 17.6 Å². The molecule has 0 spiro atoms. The van der Waals surface area contributed by atoms with E-state index in [4.69, 9.17) is 4.98 Å². The average Bonchev–Trinajstić information content (AvgIpc) is 2.80. The van der Waals surface area contributed by atoms with Gasteiger partial charge >= 0.3 is 0 Å². The lowest BCUT2D eigenvalue weighted by Gasteiger charge is -2.37. The number of piperidine rings is 1. The predicted molar refractivity (Wildman–Crippen MR) is 68.2 cm³/mol. The van der Waals surface area contributed by atoms with Crippen molar-refractivity contribution in [2.45, 2.75) is 32.7 Å². The summed E-state index contributed by atoms with van der Waals surface area (Å²) in [5.41, 5.74) is 2.09. The Kier molecular flexibility index (Phi) is 2.74. The minimum atomic E-state index is 0.625. The molecule has 0 saturated carbocycles. The molecule has 3 rings (SSSR count). The van der Waals surface area contributed by atoms with Gasteiger partial charge in [0, 0.05) is 25.7 Å². The van der Waals surface area contributed by atoms with Crippen molar-refractivity contribution < 1.29 is 0 Å². The highest BCUT2D eigenvalue weighted by Crippen LogP contribution is 2.29. The van der Waals surface area contributed by atoms with Gasteiger partial charge in [-0.05, 0) is 32.6 Å². The second-order valence-electron chi connectivity index (χ2n) is 5.22. The molecule has 17 heavy (non-hydrogen) atoms. The van der Waals surface area contributed by atoms with Gasteiger partial charge in [0.25, 0.3) is 0 Å². The summed E-state index contributed by atoms with van der Waals surface area (Å²) in [6, 6.07) is 0.625. The molecule has 2 saturated heterocycles. The topological polar surface area (TPSA) is 41.1 Å². The number of fused-ring (bicyclic) bond motifs is 1. The summed E-state index contributed by atoms with van der Waals surface area (Å²) in [4.78, 5) is 11.6. The minimum absolute atomic E-state index is 0.625. The quantitative estimate of drug-likeness (QED) is 0.792. The van der Waals surface area contributed by atoms with Gasteiger partial charge in [-0.15, -0.1) is 0 Å². The molecule has 0 aromatic carbocycles. The highest BCUT2D eigenvalue weighted by atomic mass is 15.3. The molecule has 3 heterocycles. The maximum Gasteiger partial charge on any atom is 0.147 e. The summed E-state index contributed by atoms with van der Waals surface area (Å²) < 4.78 is 0. The molecule has 0 amide bonds. The van der Waals surface area contributed by atoms with Gasteiger partial charge < -0.3 is 10.2 Å². The standard InChI is InChI=1S/C13H20N4/c1-9-10(2)16-13(8-15-9)17-5-3-4-11-6-14-7-12(11)17/h8,11-12,14H,3-7H2,1-2H3. The number of aryl methyl sites for hydroxylation is 2. The first-order valence-corrected chi connectivity index (χ1v) is 6.53. The van der Waals surface area contributed by atoms with Crippen LogP contribution >= 0.6 is 0 Å². The van der Waals surface area contributed by atoms with E-state index in [-0.39, 0.29) is 0 Å². The fourth-order valence-corrected chi connectivity index (χ4v) is 3.02. The maximum atomic E-state index is 4.69. The largest absolute Gasteiger partial charge is 0.351 e. The predicted octanol–water partition coefficient (Wildman–Crippen LogP) is 1.28. The third-order valence-electron chi connectivity index (χ3n) is 4.15. The summed E-state index contributed by atoms with van der Waals surface area (Å²) in [7, 11) is 0.